The molecule has 4 heterocycles. The molecule has 3 aromatic rings. The van der Waals surface area contributed by atoms with E-state index in [9.17, 15) is 28.8 Å². The van der Waals surface area contributed by atoms with Gasteiger partial charge in [0.1, 0.15) is 24.0 Å². The molecule has 2 saturated heterocycles. The van der Waals surface area contributed by atoms with Crippen LogP contribution >= 0.6 is 11.6 Å². The molecule has 5 aliphatic rings. The van der Waals surface area contributed by atoms with Crippen molar-refractivity contribution in [3.63, 3.8) is 0 Å². The highest BCUT2D eigenvalue weighted by molar-refractivity contribution is 6.31. The molecule has 14 heteroatoms. The number of likely N-dealkylation sites (tertiary alicyclic amines) is 1. The van der Waals surface area contributed by atoms with Crippen LogP contribution in [0.5, 0.6) is 5.75 Å². The summed E-state index contributed by atoms with van der Waals surface area (Å²) in [5.74, 6) is -1.33. The Hall–Kier alpha value is -5.58. The first-order valence-corrected chi connectivity index (χ1v) is 18.6. The van der Waals surface area contributed by atoms with Crippen molar-refractivity contribution in [1.29, 1.82) is 5.26 Å². The number of imide groups is 2. The maximum Gasteiger partial charge on any atom is 0.262 e. The number of rotatable bonds is 8. The number of hydrogen-bond acceptors (Lipinski definition) is 9. The number of nitriles is 1. The van der Waals surface area contributed by atoms with Gasteiger partial charge in [0.2, 0.25) is 11.8 Å². The van der Waals surface area contributed by atoms with Crippen LogP contribution in [0.3, 0.4) is 0 Å². The molecule has 1 aliphatic carbocycles. The van der Waals surface area contributed by atoms with Crippen molar-refractivity contribution in [3.8, 4) is 11.8 Å². The smallest absolute Gasteiger partial charge is 0.262 e. The second-order valence-corrected chi connectivity index (χ2v) is 15.1. The van der Waals surface area contributed by atoms with Gasteiger partial charge in [-0.15, -0.1) is 0 Å². The Balaban J connectivity index is 0.781. The zero-order valence-electron chi connectivity index (χ0n) is 29.3. The van der Waals surface area contributed by atoms with Crippen LogP contribution in [0.15, 0.2) is 54.6 Å². The monoisotopic (exact) mass is 748 g/mol. The van der Waals surface area contributed by atoms with Gasteiger partial charge in [-0.3, -0.25) is 43.9 Å². The third kappa shape index (κ3) is 6.83. The zero-order valence-corrected chi connectivity index (χ0v) is 30.1. The van der Waals surface area contributed by atoms with Gasteiger partial charge < -0.3 is 15.0 Å². The first kappa shape index (κ1) is 35.4. The lowest BCUT2D eigenvalue weighted by atomic mass is 9.89. The summed E-state index contributed by atoms with van der Waals surface area (Å²) in [5, 5.41) is 14.6. The number of piperidine rings is 2. The van der Waals surface area contributed by atoms with E-state index in [2.05, 4.69) is 15.5 Å². The van der Waals surface area contributed by atoms with Crippen LogP contribution in [-0.2, 0) is 22.7 Å². The van der Waals surface area contributed by atoms with Crippen LogP contribution in [0.2, 0.25) is 5.02 Å². The molecule has 4 aliphatic heterocycles. The van der Waals surface area contributed by atoms with E-state index in [1.54, 1.807) is 54.6 Å². The Labute approximate surface area is 316 Å². The molecule has 13 nitrogen and oxygen atoms in total. The lowest BCUT2D eigenvalue weighted by Gasteiger charge is -2.35. The number of halogens is 1. The number of nitrogens with one attached hydrogen (secondary N) is 2. The van der Waals surface area contributed by atoms with Crippen LogP contribution in [0.4, 0.5) is 0 Å². The minimum absolute atomic E-state index is 0.0271. The minimum atomic E-state index is -0.984. The average Bonchev–Trinajstić information content (AvgIpc) is 3.65. The van der Waals surface area contributed by atoms with Crippen LogP contribution < -0.4 is 15.4 Å². The third-order valence-electron chi connectivity index (χ3n) is 11.2. The Bertz CT molecular complexity index is 2090. The van der Waals surface area contributed by atoms with Crippen molar-refractivity contribution in [1.82, 2.24) is 25.3 Å². The first-order chi connectivity index (χ1) is 26.0. The van der Waals surface area contributed by atoms with E-state index in [1.807, 2.05) is 11.0 Å². The Morgan fingerprint density at radius 1 is 0.889 bits per heavy atom. The molecule has 8 rings (SSSR count). The van der Waals surface area contributed by atoms with Crippen LogP contribution in [0.1, 0.15) is 96.6 Å². The molecule has 2 N–H and O–H groups in total. The first-order valence-electron chi connectivity index (χ1n) is 18.2. The van der Waals surface area contributed by atoms with E-state index in [4.69, 9.17) is 21.6 Å². The number of hydrogen-bond donors (Lipinski definition) is 2. The summed E-state index contributed by atoms with van der Waals surface area (Å²) >= 11 is 6.09. The molecule has 0 spiro atoms. The molecule has 3 aromatic carbocycles. The van der Waals surface area contributed by atoms with Crippen LogP contribution in [0, 0.1) is 17.2 Å². The van der Waals surface area contributed by atoms with Gasteiger partial charge in [-0.25, -0.2) is 0 Å². The highest BCUT2D eigenvalue weighted by Crippen LogP contribution is 2.35. The van der Waals surface area contributed by atoms with Crippen molar-refractivity contribution >= 4 is 47.0 Å². The topological polar surface area (TPSA) is 169 Å². The van der Waals surface area contributed by atoms with Crippen molar-refractivity contribution in [2.24, 2.45) is 5.92 Å². The van der Waals surface area contributed by atoms with E-state index >= 15 is 0 Å². The molecule has 0 radical (unpaired) electrons. The zero-order chi connectivity index (χ0) is 37.7. The van der Waals surface area contributed by atoms with E-state index in [0.29, 0.717) is 83.5 Å². The predicted octanol–water partition coefficient (Wildman–Crippen LogP) is 3.82. The summed E-state index contributed by atoms with van der Waals surface area (Å²) in [6.45, 7) is 3.36. The largest absolute Gasteiger partial charge is 0.490 e. The van der Waals surface area contributed by atoms with Gasteiger partial charge in [-0.05, 0) is 84.8 Å². The molecule has 1 saturated carbocycles. The van der Waals surface area contributed by atoms with Crippen molar-refractivity contribution in [2.75, 3.05) is 19.6 Å². The molecule has 54 heavy (non-hydrogen) atoms. The molecule has 1 unspecified atom stereocenters. The minimum Gasteiger partial charge on any atom is -0.490 e. The molecule has 0 aromatic heterocycles. The van der Waals surface area contributed by atoms with Gasteiger partial charge in [0, 0.05) is 75.2 Å². The van der Waals surface area contributed by atoms with Crippen LogP contribution in [0.25, 0.3) is 0 Å². The van der Waals surface area contributed by atoms with E-state index < -0.39 is 29.7 Å². The van der Waals surface area contributed by atoms with Gasteiger partial charge in [0.05, 0.1) is 21.7 Å². The maximum absolute atomic E-state index is 13.3. The number of nitrogens with zero attached hydrogens (tertiary/aromatic N) is 4. The Morgan fingerprint density at radius 2 is 1.54 bits per heavy atom. The van der Waals surface area contributed by atoms with Gasteiger partial charge in [-0.1, -0.05) is 11.6 Å². The number of benzene rings is 3. The number of ether oxygens (including phenoxy) is 1. The summed E-state index contributed by atoms with van der Waals surface area (Å²) in [7, 11) is 0. The third-order valence-corrected chi connectivity index (χ3v) is 11.5. The molecular weight excluding hydrogens is 712 g/mol. The highest BCUT2D eigenvalue weighted by atomic mass is 35.5. The Kier molecular flexibility index (Phi) is 9.41. The lowest BCUT2D eigenvalue weighted by molar-refractivity contribution is -0.136. The van der Waals surface area contributed by atoms with Gasteiger partial charge >= 0.3 is 0 Å². The molecule has 0 bridgehead atoms. The summed E-state index contributed by atoms with van der Waals surface area (Å²) in [5.41, 5.74) is 3.98. The summed E-state index contributed by atoms with van der Waals surface area (Å²) in [6, 6.07) is 16.3. The van der Waals surface area contributed by atoms with E-state index in [0.717, 1.165) is 35.4 Å². The fraction of sp³-hybridized carbons (Fsp3) is 0.375. The molecule has 3 fully saturated rings. The van der Waals surface area contributed by atoms with Gasteiger partial charge in [0.25, 0.3) is 23.6 Å². The van der Waals surface area contributed by atoms with Crippen LogP contribution in [-0.4, -0.2) is 88.0 Å². The molecule has 1 atom stereocenters. The van der Waals surface area contributed by atoms with Crippen molar-refractivity contribution in [3.05, 3.63) is 98.6 Å². The summed E-state index contributed by atoms with van der Waals surface area (Å²) < 4.78 is 5.92. The summed E-state index contributed by atoms with van der Waals surface area (Å²) in [6.07, 6.45) is 3.14. The highest BCUT2D eigenvalue weighted by Gasteiger charge is 2.45. The number of carbonyl (C=O) groups excluding carboxylic acids is 6. The maximum atomic E-state index is 13.3. The number of amides is 6. The van der Waals surface area contributed by atoms with Crippen molar-refractivity contribution in [2.45, 2.75) is 69.8 Å². The fourth-order valence-corrected chi connectivity index (χ4v) is 8.31. The SMILES string of the molecule is N#Cc1ccc(O[C@H]2C[C@H](NC(=O)c3ccc(C(=O)N4CCC(CN5Cc6cc7c(cc6C5)C(=O)N(C5CCC(=O)NC5=O)C7=O)CC4)cc3)C2)cc1Cl. The fourth-order valence-electron chi connectivity index (χ4n) is 8.10. The normalized spacial score (nSPS) is 22.6. The quantitative estimate of drug-likeness (QED) is 0.326. The van der Waals surface area contributed by atoms with E-state index in [1.165, 1.54) is 0 Å². The molecule has 276 valence electrons. The van der Waals surface area contributed by atoms with Gasteiger partial charge in [-0.2, -0.15) is 5.26 Å². The lowest BCUT2D eigenvalue weighted by Crippen LogP contribution is -2.54. The molecular formula is C40H37ClN6O7. The second kappa shape index (κ2) is 14.3. The molecule has 6 amide bonds. The second-order valence-electron chi connectivity index (χ2n) is 14.7. The Morgan fingerprint density at radius 3 is 2.15 bits per heavy atom. The average molecular weight is 749 g/mol. The number of carbonyl (C=O) groups is 6. The number of fused-ring (bicyclic) bond motifs is 2. The van der Waals surface area contributed by atoms with Gasteiger partial charge in [0.15, 0.2) is 0 Å². The summed E-state index contributed by atoms with van der Waals surface area (Å²) in [4.78, 5) is 81.9. The predicted molar refractivity (Wildman–Crippen MR) is 193 cm³/mol. The van der Waals surface area contributed by atoms with E-state index in [-0.39, 0.29) is 36.8 Å². The van der Waals surface area contributed by atoms with Crippen molar-refractivity contribution < 1.29 is 33.5 Å². The standard InChI is InChI=1S/C40H37ClN6O7/c41-33-17-29(6-5-25(33)18-42)54-30-15-28(16-30)43-36(49)23-1-3-24(4-2-23)38(51)46-11-9-22(10-12-46)19-45-20-26-13-31-32(14-27(26)21-45)40(53)47(39(31)52)34-7-8-35(48)44-37(34)50/h1-6,13-14,17,22,28,30,34H,7-12,15-16,19-21H2,(H,43,49)(H,44,48,50)/t28-,30-,34?.